The van der Waals surface area contributed by atoms with Crippen LogP contribution in [0.5, 0.6) is 0 Å². The maximum absolute atomic E-state index is 3.32. The quantitative estimate of drug-likeness (QED) is 0.264. The van der Waals surface area contributed by atoms with Crippen molar-refractivity contribution in [2.45, 2.75) is 229 Å². The second kappa shape index (κ2) is 11.9. The molecule has 2 nitrogen and oxygen atoms in total. The molecule has 0 aromatic rings. The Morgan fingerprint density at radius 1 is 0.673 bits per heavy atom. The van der Waals surface area contributed by atoms with Crippen LogP contribution in [0.4, 0.5) is 0 Å². The molecule has 52 heavy (non-hydrogen) atoms. The van der Waals surface area contributed by atoms with E-state index in [1.54, 1.807) is 25.7 Å². The van der Waals surface area contributed by atoms with Gasteiger partial charge in [-0.1, -0.05) is 121 Å². The maximum Gasteiger partial charge on any atom is 0.168 e. The molecule has 0 aromatic carbocycles. The molecule has 8 fully saturated rings. The van der Waals surface area contributed by atoms with E-state index < -0.39 is 0 Å². The lowest BCUT2D eigenvalue weighted by Gasteiger charge is -2.66. The van der Waals surface area contributed by atoms with E-state index in [-0.39, 0.29) is 11.1 Å². The molecule has 0 aromatic heterocycles. The van der Waals surface area contributed by atoms with Crippen molar-refractivity contribution in [2.75, 3.05) is 0 Å². The van der Waals surface area contributed by atoms with Crippen LogP contribution in [0.25, 0.3) is 0 Å². The second-order valence-corrected chi connectivity index (χ2v) is 22.7. The Labute approximate surface area is 319 Å². The van der Waals surface area contributed by atoms with Gasteiger partial charge in [0, 0.05) is 40.0 Å². The molecule has 0 N–H and O–H groups in total. The molecule has 11 aliphatic rings. The predicted octanol–water partition coefficient (Wildman–Crippen LogP) is 13.1. The molecule has 284 valence electrons. The summed E-state index contributed by atoms with van der Waals surface area (Å²) in [5.74, 6) is 6.85. The standard InChI is InChI=1S/C49H75BN2/c1-32-26-41-43-42(27-32)52-45-38(49(47(52,4)5)24-16-9-17-25-49)29-36(34-20-12-7-13-21-34)31-40(45)50(43)39-30-35(33-18-10-6-11-19-33)28-37-44(39)51(41)46(2,3)48(37)22-14-8-15-23-48/h26,29,32-35,37,39-40,42-44H,6-25,27-28,30-31H2,1-5H3. The Hall–Kier alpha value is -1.12. The second-order valence-electron chi connectivity index (χ2n) is 22.7. The molecule has 0 radical (unpaired) electrons. The Morgan fingerprint density at radius 2 is 1.33 bits per heavy atom. The van der Waals surface area contributed by atoms with E-state index in [2.05, 4.69) is 56.6 Å². The van der Waals surface area contributed by atoms with E-state index in [0.717, 1.165) is 53.9 Å². The molecule has 5 saturated carbocycles. The zero-order valence-corrected chi connectivity index (χ0v) is 34.4. The molecule has 2 spiro atoms. The number of hydrogen-bond acceptors (Lipinski definition) is 2. The van der Waals surface area contributed by atoms with Crippen LogP contribution < -0.4 is 0 Å². The summed E-state index contributed by atoms with van der Waals surface area (Å²) in [4.78, 5) is 6.61. The molecule has 4 aliphatic heterocycles. The first kappa shape index (κ1) is 34.2. The Morgan fingerprint density at radius 3 is 2.04 bits per heavy atom. The number of rotatable bonds is 2. The van der Waals surface area contributed by atoms with Gasteiger partial charge in [0.2, 0.25) is 0 Å². The summed E-state index contributed by atoms with van der Waals surface area (Å²) in [6, 6.07) is 1.49. The van der Waals surface area contributed by atoms with Gasteiger partial charge in [-0.15, -0.1) is 0 Å². The molecule has 0 bridgehead atoms. The summed E-state index contributed by atoms with van der Waals surface area (Å²) in [7, 11) is 0. The molecule has 8 atom stereocenters. The van der Waals surface area contributed by atoms with E-state index in [1.807, 2.05) is 22.5 Å². The van der Waals surface area contributed by atoms with Gasteiger partial charge < -0.3 is 9.80 Å². The summed E-state index contributed by atoms with van der Waals surface area (Å²) in [5.41, 5.74) is 9.11. The van der Waals surface area contributed by atoms with Gasteiger partial charge in [0.1, 0.15) is 0 Å². The first-order chi connectivity index (χ1) is 25.2. The first-order valence-electron chi connectivity index (χ1n) is 23.9. The number of hydrogen-bond donors (Lipinski definition) is 0. The minimum atomic E-state index is 0.217. The van der Waals surface area contributed by atoms with Crippen molar-refractivity contribution in [2.24, 2.45) is 40.4 Å². The first-order valence-corrected chi connectivity index (χ1v) is 23.9. The Kier molecular flexibility index (Phi) is 7.85. The zero-order chi connectivity index (χ0) is 35.2. The third-order valence-electron chi connectivity index (χ3n) is 20.5. The SMILES string of the molecule is CC1C=C2C3B(C4CC(C5CCCCC5)=CC5=C4N(C3C1)C(C)(C)C51CCCCC1)C1CC(C3CCCCC3)CC3C1N2C(C)(C)C31CCCCC1. The summed E-state index contributed by atoms with van der Waals surface area (Å²) >= 11 is 0. The van der Waals surface area contributed by atoms with Crippen molar-refractivity contribution in [3.8, 4) is 0 Å². The van der Waals surface area contributed by atoms with Gasteiger partial charge in [0.15, 0.2) is 6.71 Å². The minimum Gasteiger partial charge on any atom is -0.367 e. The normalized spacial score (nSPS) is 42.9. The van der Waals surface area contributed by atoms with Crippen molar-refractivity contribution in [3.63, 3.8) is 0 Å². The fourth-order valence-corrected chi connectivity index (χ4v) is 18.5. The van der Waals surface area contributed by atoms with Crippen LogP contribution in [0.2, 0.25) is 17.5 Å². The van der Waals surface area contributed by atoms with Crippen molar-refractivity contribution in [1.82, 2.24) is 9.80 Å². The van der Waals surface area contributed by atoms with Crippen LogP contribution in [0.15, 0.2) is 34.7 Å². The predicted molar refractivity (Wildman–Crippen MR) is 218 cm³/mol. The smallest absolute Gasteiger partial charge is 0.168 e. The highest BCUT2D eigenvalue weighted by atomic mass is 15.3. The molecule has 3 heteroatoms. The summed E-state index contributed by atoms with van der Waals surface area (Å²) in [6.07, 6.45) is 41.6. The molecule has 4 heterocycles. The summed E-state index contributed by atoms with van der Waals surface area (Å²) in [5, 5.41) is 0. The number of allylic oxidation sites excluding steroid dienone is 4. The number of fused-ring (bicyclic) bond motifs is 6. The monoisotopic (exact) mass is 703 g/mol. The third-order valence-corrected chi connectivity index (χ3v) is 20.5. The highest BCUT2D eigenvalue weighted by molar-refractivity contribution is 6.66. The van der Waals surface area contributed by atoms with E-state index in [4.69, 9.17) is 0 Å². The minimum absolute atomic E-state index is 0.217. The van der Waals surface area contributed by atoms with Crippen molar-refractivity contribution in [3.05, 3.63) is 34.7 Å². The zero-order valence-electron chi connectivity index (χ0n) is 34.4. The van der Waals surface area contributed by atoms with Crippen molar-refractivity contribution < 1.29 is 0 Å². The molecule has 11 rings (SSSR count). The number of nitrogens with zero attached hydrogens (tertiary/aromatic N) is 2. The van der Waals surface area contributed by atoms with Gasteiger partial charge in [-0.25, -0.2) is 0 Å². The van der Waals surface area contributed by atoms with Crippen molar-refractivity contribution in [1.29, 1.82) is 0 Å². The van der Waals surface area contributed by atoms with Crippen LogP contribution in [-0.4, -0.2) is 39.7 Å². The fraction of sp³-hybridized carbons (Fsp3) is 0.878. The van der Waals surface area contributed by atoms with Gasteiger partial charge in [0.25, 0.3) is 0 Å². The van der Waals surface area contributed by atoms with E-state index in [1.165, 1.54) is 128 Å². The average Bonchev–Trinajstić information content (AvgIpc) is 3.47. The lowest BCUT2D eigenvalue weighted by molar-refractivity contribution is -0.00676. The highest BCUT2D eigenvalue weighted by Gasteiger charge is 2.75. The average molecular weight is 703 g/mol. The molecule has 7 aliphatic carbocycles. The van der Waals surface area contributed by atoms with E-state index in [9.17, 15) is 0 Å². The topological polar surface area (TPSA) is 6.48 Å². The highest BCUT2D eigenvalue weighted by Crippen LogP contribution is 2.76. The molecule has 8 unspecified atom stereocenters. The van der Waals surface area contributed by atoms with Crippen LogP contribution in [-0.2, 0) is 0 Å². The van der Waals surface area contributed by atoms with E-state index >= 15 is 0 Å². The van der Waals surface area contributed by atoms with Crippen LogP contribution in [0, 0.1) is 40.4 Å². The summed E-state index contributed by atoms with van der Waals surface area (Å²) in [6.45, 7) is 14.7. The summed E-state index contributed by atoms with van der Waals surface area (Å²) < 4.78 is 0. The Balaban J connectivity index is 1.12. The largest absolute Gasteiger partial charge is 0.367 e. The van der Waals surface area contributed by atoms with Gasteiger partial charge in [-0.05, 0) is 144 Å². The molecule has 3 saturated heterocycles. The van der Waals surface area contributed by atoms with Crippen LogP contribution in [0.3, 0.4) is 0 Å². The van der Waals surface area contributed by atoms with Gasteiger partial charge >= 0.3 is 0 Å². The van der Waals surface area contributed by atoms with Gasteiger partial charge in [0.05, 0.1) is 0 Å². The van der Waals surface area contributed by atoms with E-state index in [0.29, 0.717) is 22.8 Å². The van der Waals surface area contributed by atoms with Crippen molar-refractivity contribution >= 4 is 6.71 Å². The van der Waals surface area contributed by atoms with Gasteiger partial charge in [-0.2, -0.15) is 0 Å². The Bertz CT molecular complexity index is 1520. The van der Waals surface area contributed by atoms with Gasteiger partial charge in [-0.3, -0.25) is 0 Å². The molecule has 0 amide bonds. The lowest BCUT2D eigenvalue weighted by Crippen LogP contribution is -2.68. The van der Waals surface area contributed by atoms with Crippen LogP contribution in [0.1, 0.15) is 189 Å². The maximum atomic E-state index is 3.32. The molecular formula is C49H75BN2. The fourth-order valence-electron chi connectivity index (χ4n) is 18.5. The molecular weight excluding hydrogens is 627 g/mol. The van der Waals surface area contributed by atoms with Crippen LogP contribution >= 0.6 is 0 Å². The third kappa shape index (κ3) is 4.33. The lowest BCUT2D eigenvalue weighted by atomic mass is 9.19.